The van der Waals surface area contributed by atoms with Crippen LogP contribution in [-0.4, -0.2) is 35.6 Å². The number of para-hydroxylation sites is 1. The lowest BCUT2D eigenvalue weighted by Crippen LogP contribution is -2.47. The van der Waals surface area contributed by atoms with Crippen LogP contribution in [0.4, 0.5) is 0 Å². The Hall–Kier alpha value is -1.10. The molecule has 0 unspecified atom stereocenters. The minimum absolute atomic E-state index is 0.139. The van der Waals surface area contributed by atoms with Gasteiger partial charge in [-0.3, -0.25) is 0 Å². The van der Waals surface area contributed by atoms with Gasteiger partial charge >= 0.3 is 0 Å². The van der Waals surface area contributed by atoms with E-state index in [2.05, 4.69) is 0 Å². The van der Waals surface area contributed by atoms with E-state index in [0.717, 1.165) is 31.6 Å². The number of ether oxygens (including phenoxy) is 1. The van der Waals surface area contributed by atoms with Crippen LogP contribution in [-0.2, 0) is 0 Å². The number of unbranched alkanes of at least 4 members (excludes halogenated alkanes) is 9. The smallest absolute Gasteiger partial charge is 0.119 e. The number of benzene rings is 1. The molecule has 4 heteroatoms. The predicted molar refractivity (Wildman–Crippen MR) is 104 cm³/mol. The average Bonchev–Trinajstić information content (AvgIpc) is 2.66. The first-order chi connectivity index (χ1) is 12.2. The Morgan fingerprint density at radius 1 is 0.720 bits per heavy atom. The fourth-order valence-corrected chi connectivity index (χ4v) is 2.91. The Kier molecular flexibility index (Phi) is 12.4. The summed E-state index contributed by atoms with van der Waals surface area (Å²) in [6.07, 6.45) is 12.9. The van der Waals surface area contributed by atoms with Crippen molar-refractivity contribution in [2.45, 2.75) is 76.2 Å². The predicted octanol–water partition coefficient (Wildman–Crippen LogP) is 4.04. The SMILES string of the molecule is NC(CO)(CO)CCCCCCCCCCCCOc1ccccc1. The molecule has 0 fully saturated rings. The van der Waals surface area contributed by atoms with Crippen molar-refractivity contribution in [2.75, 3.05) is 19.8 Å². The van der Waals surface area contributed by atoms with Crippen LogP contribution >= 0.6 is 0 Å². The molecule has 0 spiro atoms. The zero-order valence-electron chi connectivity index (χ0n) is 15.7. The van der Waals surface area contributed by atoms with Crippen molar-refractivity contribution < 1.29 is 14.9 Å². The summed E-state index contributed by atoms with van der Waals surface area (Å²) in [7, 11) is 0. The lowest BCUT2D eigenvalue weighted by atomic mass is 9.94. The molecule has 0 amide bonds. The highest BCUT2D eigenvalue weighted by Gasteiger charge is 2.21. The van der Waals surface area contributed by atoms with Crippen molar-refractivity contribution in [3.05, 3.63) is 30.3 Å². The van der Waals surface area contributed by atoms with E-state index in [0.29, 0.717) is 6.42 Å². The van der Waals surface area contributed by atoms with Gasteiger partial charge in [0.05, 0.1) is 25.4 Å². The van der Waals surface area contributed by atoms with Crippen LogP contribution in [0.1, 0.15) is 70.6 Å². The van der Waals surface area contributed by atoms with Gasteiger partial charge in [0.1, 0.15) is 5.75 Å². The molecule has 4 N–H and O–H groups in total. The molecular weight excluding hydrogens is 314 g/mol. The molecule has 0 heterocycles. The number of aliphatic hydroxyl groups is 2. The molecular formula is C21H37NO3. The number of aliphatic hydroxyl groups excluding tert-OH is 2. The third kappa shape index (κ3) is 11.2. The Morgan fingerprint density at radius 2 is 1.20 bits per heavy atom. The first-order valence-electron chi connectivity index (χ1n) is 9.89. The van der Waals surface area contributed by atoms with Crippen LogP contribution in [0.25, 0.3) is 0 Å². The number of nitrogens with two attached hydrogens (primary N) is 1. The van der Waals surface area contributed by atoms with E-state index >= 15 is 0 Å². The van der Waals surface area contributed by atoms with E-state index in [9.17, 15) is 0 Å². The molecule has 4 nitrogen and oxygen atoms in total. The molecule has 144 valence electrons. The third-order valence-corrected chi connectivity index (χ3v) is 4.71. The minimum Gasteiger partial charge on any atom is -0.494 e. The largest absolute Gasteiger partial charge is 0.494 e. The molecule has 0 aromatic heterocycles. The van der Waals surface area contributed by atoms with Crippen molar-refractivity contribution in [1.82, 2.24) is 0 Å². The molecule has 0 bridgehead atoms. The van der Waals surface area contributed by atoms with Gasteiger partial charge < -0.3 is 20.7 Å². The standard InChI is InChI=1S/C21H37NO3/c22-21(18-23,19-24)16-12-7-5-3-1-2-4-6-8-13-17-25-20-14-10-9-11-15-20/h9-11,14-15,23-24H,1-8,12-13,16-19,22H2. The highest BCUT2D eigenvalue weighted by atomic mass is 16.5. The first kappa shape index (κ1) is 21.9. The van der Waals surface area contributed by atoms with Crippen molar-refractivity contribution in [2.24, 2.45) is 5.73 Å². The summed E-state index contributed by atoms with van der Waals surface area (Å²) in [6, 6.07) is 10.0. The van der Waals surface area contributed by atoms with Gasteiger partial charge in [-0.15, -0.1) is 0 Å². The van der Waals surface area contributed by atoms with E-state index in [-0.39, 0.29) is 13.2 Å². The molecule has 0 aliphatic carbocycles. The Balaban J connectivity index is 1.80. The highest BCUT2D eigenvalue weighted by Crippen LogP contribution is 2.15. The topological polar surface area (TPSA) is 75.7 Å². The van der Waals surface area contributed by atoms with Gasteiger partial charge in [0.2, 0.25) is 0 Å². The van der Waals surface area contributed by atoms with Gasteiger partial charge in [-0.25, -0.2) is 0 Å². The Morgan fingerprint density at radius 3 is 1.72 bits per heavy atom. The van der Waals surface area contributed by atoms with E-state index in [1.165, 1.54) is 44.9 Å². The molecule has 0 saturated heterocycles. The van der Waals surface area contributed by atoms with Gasteiger partial charge in [-0.05, 0) is 25.0 Å². The number of hydrogen-bond acceptors (Lipinski definition) is 4. The van der Waals surface area contributed by atoms with Crippen LogP contribution in [0.3, 0.4) is 0 Å². The zero-order chi connectivity index (χ0) is 18.2. The van der Waals surface area contributed by atoms with Crippen molar-refractivity contribution in [3.8, 4) is 5.75 Å². The second-order valence-corrected chi connectivity index (χ2v) is 7.13. The first-order valence-corrected chi connectivity index (χ1v) is 9.89. The number of hydrogen-bond donors (Lipinski definition) is 3. The maximum atomic E-state index is 9.13. The highest BCUT2D eigenvalue weighted by molar-refractivity contribution is 5.20. The summed E-state index contributed by atoms with van der Waals surface area (Å²) in [4.78, 5) is 0. The van der Waals surface area contributed by atoms with E-state index in [4.69, 9.17) is 20.7 Å². The van der Waals surface area contributed by atoms with Crippen molar-refractivity contribution in [3.63, 3.8) is 0 Å². The molecule has 0 aliphatic heterocycles. The molecule has 1 aromatic rings. The molecule has 1 aromatic carbocycles. The van der Waals surface area contributed by atoms with Crippen LogP contribution < -0.4 is 10.5 Å². The summed E-state index contributed by atoms with van der Waals surface area (Å²) < 4.78 is 5.69. The fourth-order valence-electron chi connectivity index (χ4n) is 2.91. The van der Waals surface area contributed by atoms with Crippen LogP contribution in [0.5, 0.6) is 5.75 Å². The van der Waals surface area contributed by atoms with Gasteiger partial charge in [-0.2, -0.15) is 0 Å². The van der Waals surface area contributed by atoms with Crippen LogP contribution in [0.2, 0.25) is 0 Å². The quantitative estimate of drug-likeness (QED) is 0.393. The van der Waals surface area contributed by atoms with Crippen LogP contribution in [0.15, 0.2) is 30.3 Å². The molecule has 1 rings (SSSR count). The van der Waals surface area contributed by atoms with E-state index in [1.54, 1.807) is 0 Å². The van der Waals surface area contributed by atoms with Crippen LogP contribution in [0, 0.1) is 0 Å². The lowest BCUT2D eigenvalue weighted by Gasteiger charge is -2.24. The molecule has 0 atom stereocenters. The zero-order valence-corrected chi connectivity index (χ0v) is 15.7. The van der Waals surface area contributed by atoms with E-state index < -0.39 is 5.54 Å². The average molecular weight is 352 g/mol. The van der Waals surface area contributed by atoms with Gasteiger partial charge in [0.25, 0.3) is 0 Å². The Labute approximate surface area is 153 Å². The minimum atomic E-state index is -0.787. The molecule has 0 aliphatic rings. The Bertz CT molecular complexity index is 407. The van der Waals surface area contributed by atoms with Gasteiger partial charge in [0.15, 0.2) is 0 Å². The summed E-state index contributed by atoms with van der Waals surface area (Å²) in [5, 5.41) is 18.3. The molecule has 0 radical (unpaired) electrons. The van der Waals surface area contributed by atoms with Gasteiger partial charge in [0, 0.05) is 0 Å². The lowest BCUT2D eigenvalue weighted by molar-refractivity contribution is 0.112. The normalized spacial score (nSPS) is 11.6. The summed E-state index contributed by atoms with van der Waals surface area (Å²) >= 11 is 0. The van der Waals surface area contributed by atoms with Gasteiger partial charge in [-0.1, -0.05) is 76.0 Å². The second-order valence-electron chi connectivity index (χ2n) is 7.13. The van der Waals surface area contributed by atoms with Crippen molar-refractivity contribution >= 4 is 0 Å². The molecule has 0 saturated carbocycles. The monoisotopic (exact) mass is 351 g/mol. The van der Waals surface area contributed by atoms with Crippen molar-refractivity contribution in [1.29, 1.82) is 0 Å². The maximum absolute atomic E-state index is 9.13. The summed E-state index contributed by atoms with van der Waals surface area (Å²) in [6.45, 7) is 0.536. The second kappa shape index (κ2) is 14.1. The maximum Gasteiger partial charge on any atom is 0.119 e. The number of rotatable bonds is 16. The third-order valence-electron chi connectivity index (χ3n) is 4.71. The summed E-state index contributed by atoms with van der Waals surface area (Å²) in [5.41, 5.74) is 5.06. The molecule has 25 heavy (non-hydrogen) atoms. The van der Waals surface area contributed by atoms with E-state index in [1.807, 2.05) is 30.3 Å². The summed E-state index contributed by atoms with van der Waals surface area (Å²) in [5.74, 6) is 0.965. The fraction of sp³-hybridized carbons (Fsp3) is 0.714.